The number of esters is 1. The van der Waals surface area contributed by atoms with Crippen LogP contribution in [0, 0.1) is 5.82 Å². The Hall–Kier alpha value is -1.99. The molecule has 0 atom stereocenters. The first-order chi connectivity index (χ1) is 9.15. The fourth-order valence-corrected chi connectivity index (χ4v) is 1.44. The van der Waals surface area contributed by atoms with Crippen molar-refractivity contribution in [3.63, 3.8) is 0 Å². The van der Waals surface area contributed by atoms with Crippen molar-refractivity contribution in [2.75, 3.05) is 26.3 Å². The highest BCUT2D eigenvalue weighted by molar-refractivity contribution is 6.30. The molecule has 1 aromatic carbocycles. The first-order valence-corrected chi connectivity index (χ1v) is 5.67. The molecular weight excluding hydrogens is 257 g/mol. The quantitative estimate of drug-likeness (QED) is 0.443. The number of halogens is 1. The number of ether oxygens (including phenoxy) is 2. The highest BCUT2D eigenvalue weighted by Crippen LogP contribution is 2.11. The zero-order valence-electron chi connectivity index (χ0n) is 10.0. The molecule has 1 aliphatic rings. The van der Waals surface area contributed by atoms with Crippen molar-refractivity contribution in [1.29, 1.82) is 0 Å². The Labute approximate surface area is 108 Å². The van der Waals surface area contributed by atoms with E-state index in [1.807, 2.05) is 0 Å². The molecule has 0 unspecified atom stereocenters. The maximum atomic E-state index is 12.6. The van der Waals surface area contributed by atoms with Gasteiger partial charge in [-0.25, -0.2) is 14.0 Å². The van der Waals surface area contributed by atoms with Gasteiger partial charge in [0, 0.05) is 0 Å². The van der Waals surface area contributed by atoms with Crippen LogP contribution in [0.25, 0.3) is 0 Å². The Kier molecular flexibility index (Phi) is 4.43. The molecule has 0 bridgehead atoms. The summed E-state index contributed by atoms with van der Waals surface area (Å²) in [6.07, 6.45) is 0. The van der Waals surface area contributed by atoms with Gasteiger partial charge in [0.2, 0.25) is 0 Å². The second-order valence-electron chi connectivity index (χ2n) is 3.76. The molecule has 0 radical (unpaired) electrons. The molecule has 6 nitrogen and oxygen atoms in total. The molecule has 2 rings (SSSR count). The zero-order chi connectivity index (χ0) is 13.7. The standard InChI is InChI=1S/C12H12FNO5/c13-9-1-3-10(4-2-9)18-11(15)12(16)19-14-5-7-17-8-6-14/h1-4H,5-8H2. The van der Waals surface area contributed by atoms with Crippen LogP contribution in [0.4, 0.5) is 4.39 Å². The molecular formula is C12H12FNO5. The Morgan fingerprint density at radius 2 is 1.74 bits per heavy atom. The highest BCUT2D eigenvalue weighted by Gasteiger charge is 2.23. The number of benzene rings is 1. The Balaban J connectivity index is 1.84. The Morgan fingerprint density at radius 1 is 1.11 bits per heavy atom. The largest absolute Gasteiger partial charge is 0.436 e. The highest BCUT2D eigenvalue weighted by atomic mass is 19.1. The lowest BCUT2D eigenvalue weighted by atomic mass is 10.3. The normalized spacial score (nSPS) is 15.8. The van der Waals surface area contributed by atoms with Crippen LogP contribution in [-0.4, -0.2) is 43.3 Å². The summed E-state index contributed by atoms with van der Waals surface area (Å²) in [6, 6.07) is 4.73. The van der Waals surface area contributed by atoms with E-state index < -0.39 is 17.8 Å². The number of hydroxylamine groups is 2. The lowest BCUT2D eigenvalue weighted by Gasteiger charge is -2.24. The van der Waals surface area contributed by atoms with Gasteiger partial charge in [-0.2, -0.15) is 0 Å². The molecule has 0 spiro atoms. The van der Waals surface area contributed by atoms with Gasteiger partial charge in [0.15, 0.2) is 0 Å². The van der Waals surface area contributed by atoms with E-state index in [9.17, 15) is 14.0 Å². The van der Waals surface area contributed by atoms with Crippen molar-refractivity contribution >= 4 is 11.9 Å². The number of morpholine rings is 1. The molecule has 1 fully saturated rings. The van der Waals surface area contributed by atoms with Crippen molar-refractivity contribution in [3.8, 4) is 5.75 Å². The lowest BCUT2D eigenvalue weighted by Crippen LogP contribution is -2.40. The maximum Gasteiger partial charge on any atom is 0.436 e. The topological polar surface area (TPSA) is 65.1 Å². The minimum Gasteiger partial charge on any atom is -0.418 e. The Morgan fingerprint density at radius 3 is 2.37 bits per heavy atom. The summed E-state index contributed by atoms with van der Waals surface area (Å²) in [5.74, 6) is -2.66. The average Bonchev–Trinajstić information content (AvgIpc) is 2.42. The molecule has 1 heterocycles. The summed E-state index contributed by atoms with van der Waals surface area (Å²) in [5, 5.41) is 1.33. The van der Waals surface area contributed by atoms with E-state index in [-0.39, 0.29) is 5.75 Å². The minimum absolute atomic E-state index is 0.0744. The predicted octanol–water partition coefficient (Wildman–Crippen LogP) is 0.521. The van der Waals surface area contributed by atoms with Crippen LogP contribution in [0.3, 0.4) is 0 Å². The summed E-state index contributed by atoms with van der Waals surface area (Å²) in [4.78, 5) is 27.7. The van der Waals surface area contributed by atoms with Crippen LogP contribution < -0.4 is 4.74 Å². The van der Waals surface area contributed by atoms with E-state index in [0.29, 0.717) is 26.3 Å². The van der Waals surface area contributed by atoms with E-state index in [2.05, 4.69) is 0 Å². The number of carbonyl (C=O) groups is 2. The molecule has 19 heavy (non-hydrogen) atoms. The molecule has 0 aromatic heterocycles. The van der Waals surface area contributed by atoms with Gasteiger partial charge >= 0.3 is 11.9 Å². The van der Waals surface area contributed by atoms with Crippen LogP contribution in [0.15, 0.2) is 24.3 Å². The van der Waals surface area contributed by atoms with Gasteiger partial charge in [0.25, 0.3) is 0 Å². The van der Waals surface area contributed by atoms with Crippen LogP contribution in [0.5, 0.6) is 5.75 Å². The number of hydrogen-bond acceptors (Lipinski definition) is 6. The van der Waals surface area contributed by atoms with Crippen molar-refractivity contribution in [2.24, 2.45) is 0 Å². The van der Waals surface area contributed by atoms with Crippen molar-refractivity contribution < 1.29 is 28.3 Å². The molecule has 1 aliphatic heterocycles. The summed E-state index contributed by atoms with van der Waals surface area (Å²) >= 11 is 0. The number of carbonyl (C=O) groups excluding carboxylic acids is 2. The van der Waals surface area contributed by atoms with Gasteiger partial charge in [-0.1, -0.05) is 0 Å². The van der Waals surface area contributed by atoms with E-state index >= 15 is 0 Å². The molecule has 0 amide bonds. The first kappa shape index (κ1) is 13.4. The van der Waals surface area contributed by atoms with E-state index in [1.54, 1.807) is 0 Å². The van der Waals surface area contributed by atoms with Crippen LogP contribution in [0.2, 0.25) is 0 Å². The molecule has 0 aliphatic carbocycles. The molecule has 7 heteroatoms. The smallest absolute Gasteiger partial charge is 0.418 e. The van der Waals surface area contributed by atoms with E-state index in [0.717, 1.165) is 12.1 Å². The SMILES string of the molecule is O=C(Oc1ccc(F)cc1)C(=O)ON1CCOCC1. The van der Waals surface area contributed by atoms with Gasteiger partial charge < -0.3 is 14.3 Å². The first-order valence-electron chi connectivity index (χ1n) is 5.67. The van der Waals surface area contributed by atoms with E-state index in [4.69, 9.17) is 14.3 Å². The van der Waals surface area contributed by atoms with Gasteiger partial charge in [0.1, 0.15) is 11.6 Å². The number of nitrogens with zero attached hydrogens (tertiary/aromatic N) is 1. The third-order valence-electron chi connectivity index (χ3n) is 2.37. The summed E-state index contributed by atoms with van der Waals surface area (Å²) < 4.78 is 22.4. The Bertz CT molecular complexity index is 456. The third kappa shape index (κ3) is 4.01. The van der Waals surface area contributed by atoms with Crippen molar-refractivity contribution in [1.82, 2.24) is 5.06 Å². The fourth-order valence-electron chi connectivity index (χ4n) is 1.44. The van der Waals surface area contributed by atoms with Crippen molar-refractivity contribution in [3.05, 3.63) is 30.1 Å². The van der Waals surface area contributed by atoms with Gasteiger partial charge in [-0.05, 0) is 24.3 Å². The lowest BCUT2D eigenvalue weighted by molar-refractivity contribution is -0.209. The summed E-state index contributed by atoms with van der Waals surface area (Å²) in [7, 11) is 0. The number of hydrogen-bond donors (Lipinski definition) is 0. The van der Waals surface area contributed by atoms with Crippen LogP contribution >= 0.6 is 0 Å². The van der Waals surface area contributed by atoms with Gasteiger partial charge in [-0.15, -0.1) is 5.06 Å². The molecule has 1 aromatic rings. The monoisotopic (exact) mass is 269 g/mol. The fraction of sp³-hybridized carbons (Fsp3) is 0.333. The zero-order valence-corrected chi connectivity index (χ0v) is 10.0. The third-order valence-corrected chi connectivity index (χ3v) is 2.37. The molecule has 102 valence electrons. The van der Waals surface area contributed by atoms with Crippen molar-refractivity contribution in [2.45, 2.75) is 0 Å². The summed E-state index contributed by atoms with van der Waals surface area (Å²) in [6.45, 7) is 1.66. The predicted molar refractivity (Wildman–Crippen MR) is 60.5 cm³/mol. The number of rotatable bonds is 2. The second-order valence-corrected chi connectivity index (χ2v) is 3.76. The second kappa shape index (κ2) is 6.26. The summed E-state index contributed by atoms with van der Waals surface area (Å²) in [5.41, 5.74) is 0. The van der Waals surface area contributed by atoms with Gasteiger partial charge in [-0.3, -0.25) is 0 Å². The average molecular weight is 269 g/mol. The molecule has 0 saturated carbocycles. The maximum absolute atomic E-state index is 12.6. The molecule has 1 saturated heterocycles. The van der Waals surface area contributed by atoms with Gasteiger partial charge in [0.05, 0.1) is 26.3 Å². The van der Waals surface area contributed by atoms with E-state index in [1.165, 1.54) is 17.2 Å². The molecule has 0 N–H and O–H groups in total. The van der Waals surface area contributed by atoms with Crippen LogP contribution in [0.1, 0.15) is 0 Å². The van der Waals surface area contributed by atoms with Crippen LogP contribution in [-0.2, 0) is 19.2 Å². The minimum atomic E-state index is -1.15.